The summed E-state index contributed by atoms with van der Waals surface area (Å²) >= 11 is 0. The molecule has 1 atom stereocenters. The Morgan fingerprint density at radius 3 is 2.46 bits per heavy atom. The van der Waals surface area contributed by atoms with Crippen LogP contribution in [-0.2, 0) is 0 Å². The van der Waals surface area contributed by atoms with Crippen LogP contribution in [0.2, 0.25) is 0 Å². The molecular formula is C9H16N4. The van der Waals surface area contributed by atoms with Crippen LogP contribution in [-0.4, -0.2) is 21.3 Å². The topological polar surface area (TPSA) is 56.7 Å². The van der Waals surface area contributed by atoms with Crippen LogP contribution in [0.3, 0.4) is 0 Å². The third-order valence-electron chi connectivity index (χ3n) is 3.01. The van der Waals surface area contributed by atoms with Crippen molar-refractivity contribution in [1.29, 1.82) is 0 Å². The van der Waals surface area contributed by atoms with E-state index < -0.39 is 0 Å². The molecule has 2 rings (SSSR count). The lowest BCUT2D eigenvalue weighted by Crippen LogP contribution is -2.24. The fraction of sp³-hybridized carbons (Fsp3) is 0.778. The molecule has 2 N–H and O–H groups in total. The molecule has 13 heavy (non-hydrogen) atoms. The Kier molecular flexibility index (Phi) is 2.59. The maximum absolute atomic E-state index is 5.77. The van der Waals surface area contributed by atoms with Gasteiger partial charge >= 0.3 is 0 Å². The minimum absolute atomic E-state index is 0.414. The van der Waals surface area contributed by atoms with Gasteiger partial charge in [-0.2, -0.15) is 0 Å². The van der Waals surface area contributed by atoms with Crippen LogP contribution in [0.4, 0.5) is 0 Å². The zero-order valence-electron chi connectivity index (χ0n) is 7.76. The van der Waals surface area contributed by atoms with E-state index in [1.807, 2.05) is 0 Å². The van der Waals surface area contributed by atoms with Gasteiger partial charge in [-0.1, -0.05) is 12.8 Å². The first-order chi connectivity index (χ1) is 6.42. The van der Waals surface area contributed by atoms with Crippen LogP contribution < -0.4 is 5.73 Å². The van der Waals surface area contributed by atoms with Crippen molar-refractivity contribution in [2.24, 2.45) is 11.7 Å². The summed E-state index contributed by atoms with van der Waals surface area (Å²) in [6.45, 7) is 0.697. The summed E-state index contributed by atoms with van der Waals surface area (Å²) in [5.41, 5.74) is 5.77. The molecule has 1 aromatic rings. The molecule has 1 aromatic heterocycles. The van der Waals surface area contributed by atoms with Gasteiger partial charge < -0.3 is 10.3 Å². The number of nitrogens with two attached hydrogens (primary N) is 1. The van der Waals surface area contributed by atoms with Crippen molar-refractivity contribution in [2.75, 3.05) is 6.54 Å². The van der Waals surface area contributed by atoms with Crippen molar-refractivity contribution < 1.29 is 0 Å². The molecule has 4 heteroatoms. The zero-order chi connectivity index (χ0) is 9.10. The number of aromatic nitrogens is 3. The highest BCUT2D eigenvalue weighted by molar-refractivity contribution is 4.82. The Morgan fingerprint density at radius 1 is 1.31 bits per heavy atom. The maximum atomic E-state index is 5.77. The quantitative estimate of drug-likeness (QED) is 0.754. The van der Waals surface area contributed by atoms with E-state index >= 15 is 0 Å². The van der Waals surface area contributed by atoms with Gasteiger partial charge in [0.25, 0.3) is 0 Å². The summed E-state index contributed by atoms with van der Waals surface area (Å²) in [5, 5.41) is 7.64. The van der Waals surface area contributed by atoms with Crippen LogP contribution in [0.25, 0.3) is 0 Å². The number of nitrogens with zero attached hydrogens (tertiary/aromatic N) is 3. The zero-order valence-corrected chi connectivity index (χ0v) is 7.76. The van der Waals surface area contributed by atoms with E-state index in [1.54, 1.807) is 12.7 Å². The summed E-state index contributed by atoms with van der Waals surface area (Å²) in [4.78, 5) is 0. The average Bonchev–Trinajstić information content (AvgIpc) is 2.76. The Hall–Kier alpha value is -0.900. The lowest BCUT2D eigenvalue weighted by atomic mass is 9.98. The van der Waals surface area contributed by atoms with E-state index in [1.165, 1.54) is 25.7 Å². The summed E-state index contributed by atoms with van der Waals surface area (Å²) in [6.07, 6.45) is 8.86. The fourth-order valence-corrected chi connectivity index (χ4v) is 2.28. The van der Waals surface area contributed by atoms with E-state index in [0.717, 1.165) is 5.92 Å². The van der Waals surface area contributed by atoms with Crippen LogP contribution in [0.1, 0.15) is 31.7 Å². The lowest BCUT2D eigenvalue weighted by molar-refractivity contribution is 0.341. The van der Waals surface area contributed by atoms with Crippen LogP contribution in [0.5, 0.6) is 0 Å². The molecular weight excluding hydrogens is 164 g/mol. The first-order valence-electron chi connectivity index (χ1n) is 4.96. The summed E-state index contributed by atoms with van der Waals surface area (Å²) < 4.78 is 2.05. The molecule has 0 aliphatic heterocycles. The molecule has 0 radical (unpaired) electrons. The van der Waals surface area contributed by atoms with E-state index in [2.05, 4.69) is 14.8 Å². The largest absolute Gasteiger partial charge is 0.328 e. The second kappa shape index (κ2) is 3.87. The highest BCUT2D eigenvalue weighted by atomic mass is 15.2. The molecule has 0 spiro atoms. The van der Waals surface area contributed by atoms with Gasteiger partial charge in [0.2, 0.25) is 0 Å². The van der Waals surface area contributed by atoms with Crippen molar-refractivity contribution in [3.8, 4) is 0 Å². The molecule has 1 fully saturated rings. The van der Waals surface area contributed by atoms with Gasteiger partial charge in [-0.25, -0.2) is 0 Å². The molecule has 0 aromatic carbocycles. The molecule has 0 bridgehead atoms. The second-order valence-corrected chi connectivity index (χ2v) is 3.76. The Labute approximate surface area is 78.1 Å². The standard InChI is InChI=1S/C9H16N4/c10-5-9(8-3-1-2-4-8)13-6-11-12-7-13/h6-9H,1-5,10H2. The molecule has 1 heterocycles. The molecule has 1 aliphatic rings. The summed E-state index contributed by atoms with van der Waals surface area (Å²) in [7, 11) is 0. The molecule has 1 unspecified atom stereocenters. The predicted octanol–water partition coefficient (Wildman–Crippen LogP) is 0.968. The smallest absolute Gasteiger partial charge is 0.119 e. The molecule has 4 nitrogen and oxygen atoms in total. The number of hydrogen-bond acceptors (Lipinski definition) is 3. The first-order valence-corrected chi connectivity index (χ1v) is 4.96. The van der Waals surface area contributed by atoms with E-state index in [0.29, 0.717) is 12.6 Å². The van der Waals surface area contributed by atoms with Crippen molar-refractivity contribution in [1.82, 2.24) is 14.8 Å². The molecule has 1 saturated carbocycles. The van der Waals surface area contributed by atoms with Crippen molar-refractivity contribution in [3.63, 3.8) is 0 Å². The summed E-state index contributed by atoms with van der Waals surface area (Å²) in [6, 6.07) is 0.414. The van der Waals surface area contributed by atoms with Crippen LogP contribution in [0.15, 0.2) is 12.7 Å². The first kappa shape index (κ1) is 8.69. The monoisotopic (exact) mass is 180 g/mol. The number of rotatable bonds is 3. The van der Waals surface area contributed by atoms with Gasteiger partial charge in [-0.05, 0) is 18.8 Å². The van der Waals surface area contributed by atoms with Crippen molar-refractivity contribution >= 4 is 0 Å². The lowest BCUT2D eigenvalue weighted by Gasteiger charge is -2.22. The van der Waals surface area contributed by atoms with E-state index in [4.69, 9.17) is 5.73 Å². The predicted molar refractivity (Wildman–Crippen MR) is 50.1 cm³/mol. The second-order valence-electron chi connectivity index (χ2n) is 3.76. The van der Waals surface area contributed by atoms with E-state index in [9.17, 15) is 0 Å². The third kappa shape index (κ3) is 1.72. The minimum Gasteiger partial charge on any atom is -0.328 e. The third-order valence-corrected chi connectivity index (χ3v) is 3.01. The average molecular weight is 180 g/mol. The van der Waals surface area contributed by atoms with Gasteiger partial charge in [0, 0.05) is 6.54 Å². The van der Waals surface area contributed by atoms with Crippen molar-refractivity contribution in [3.05, 3.63) is 12.7 Å². The highest BCUT2D eigenvalue weighted by Crippen LogP contribution is 2.33. The SMILES string of the molecule is NCC(C1CCCC1)n1cnnc1. The van der Waals surface area contributed by atoms with Gasteiger partial charge in [0.15, 0.2) is 0 Å². The van der Waals surface area contributed by atoms with Gasteiger partial charge in [-0.15, -0.1) is 10.2 Å². The molecule has 72 valence electrons. The molecule has 0 amide bonds. The Morgan fingerprint density at radius 2 is 1.92 bits per heavy atom. The van der Waals surface area contributed by atoms with Gasteiger partial charge in [-0.3, -0.25) is 0 Å². The minimum atomic E-state index is 0.414. The highest BCUT2D eigenvalue weighted by Gasteiger charge is 2.24. The molecule has 0 saturated heterocycles. The van der Waals surface area contributed by atoms with Crippen LogP contribution in [0, 0.1) is 5.92 Å². The number of hydrogen-bond donors (Lipinski definition) is 1. The van der Waals surface area contributed by atoms with Crippen molar-refractivity contribution in [2.45, 2.75) is 31.7 Å². The maximum Gasteiger partial charge on any atom is 0.119 e. The Bertz CT molecular complexity index is 238. The summed E-state index contributed by atoms with van der Waals surface area (Å²) in [5.74, 6) is 0.737. The van der Waals surface area contributed by atoms with Gasteiger partial charge in [0.05, 0.1) is 6.04 Å². The normalized spacial score (nSPS) is 20.7. The fourth-order valence-electron chi connectivity index (χ4n) is 2.28. The molecule has 1 aliphatic carbocycles. The van der Waals surface area contributed by atoms with Gasteiger partial charge in [0.1, 0.15) is 12.7 Å². The van der Waals surface area contributed by atoms with E-state index in [-0.39, 0.29) is 0 Å². The van der Waals surface area contributed by atoms with Crippen LogP contribution >= 0.6 is 0 Å². The Balaban J connectivity index is 2.08.